The SMILES string of the molecule is O=C1COC(C2=CC(Cc3ccc(Cl)cc3)N=C2c2ccc(F)cc2)N1CCc1ccc2c(c1)CCN2. The first kappa shape index (κ1) is 23.9. The molecule has 3 aromatic carbocycles. The number of rotatable bonds is 7. The molecule has 3 aromatic rings. The third kappa shape index (κ3) is 5.04. The van der Waals surface area contributed by atoms with Crippen molar-refractivity contribution in [3.05, 3.63) is 111 Å². The Balaban J connectivity index is 1.26. The number of fused-ring (bicyclic) bond motifs is 1. The van der Waals surface area contributed by atoms with E-state index in [0.717, 1.165) is 41.8 Å². The summed E-state index contributed by atoms with van der Waals surface area (Å²) in [5, 5.41) is 4.08. The van der Waals surface area contributed by atoms with E-state index < -0.39 is 6.23 Å². The molecule has 7 heteroatoms. The zero-order valence-electron chi connectivity index (χ0n) is 20.3. The molecule has 3 heterocycles. The second kappa shape index (κ2) is 10.1. The summed E-state index contributed by atoms with van der Waals surface area (Å²) in [4.78, 5) is 19.7. The number of anilines is 1. The van der Waals surface area contributed by atoms with Gasteiger partial charge in [-0.3, -0.25) is 9.79 Å². The Morgan fingerprint density at radius 1 is 1.05 bits per heavy atom. The number of halogens is 2. The van der Waals surface area contributed by atoms with Crippen molar-refractivity contribution in [3.63, 3.8) is 0 Å². The largest absolute Gasteiger partial charge is 0.384 e. The number of nitrogens with one attached hydrogen (secondary N) is 1. The number of carbonyl (C=O) groups excluding carboxylic acids is 1. The van der Waals surface area contributed by atoms with Gasteiger partial charge in [0.25, 0.3) is 5.91 Å². The van der Waals surface area contributed by atoms with Crippen molar-refractivity contribution >= 4 is 28.9 Å². The summed E-state index contributed by atoms with van der Waals surface area (Å²) in [6, 6.07) is 20.4. The summed E-state index contributed by atoms with van der Waals surface area (Å²) >= 11 is 6.06. The van der Waals surface area contributed by atoms with Crippen molar-refractivity contribution in [1.82, 2.24) is 4.90 Å². The highest BCUT2D eigenvalue weighted by Gasteiger charge is 2.38. The standard InChI is InChI=1S/C30H27ClFN3O2/c31-23-6-1-19(2-7-23)16-25-17-26(29(34-25)21-4-8-24(32)9-5-21)30-35(28(36)18-37-30)14-12-20-3-10-27-22(15-20)11-13-33-27/h1-10,15,17,25,30,33H,11-14,16,18H2. The van der Waals surface area contributed by atoms with Crippen molar-refractivity contribution in [2.75, 3.05) is 25.0 Å². The molecule has 0 spiro atoms. The fourth-order valence-corrected chi connectivity index (χ4v) is 5.42. The average Bonchev–Trinajstić information content (AvgIpc) is 3.63. The number of ether oxygens (including phenoxy) is 1. The molecule has 0 radical (unpaired) electrons. The maximum atomic E-state index is 13.7. The lowest BCUT2D eigenvalue weighted by Gasteiger charge is -2.25. The molecule has 37 heavy (non-hydrogen) atoms. The molecule has 0 saturated carbocycles. The fraction of sp³-hybridized carbons (Fsp3) is 0.267. The van der Waals surface area contributed by atoms with Crippen molar-refractivity contribution in [1.29, 1.82) is 0 Å². The van der Waals surface area contributed by atoms with Gasteiger partial charge in [-0.05, 0) is 84.5 Å². The van der Waals surface area contributed by atoms with E-state index in [4.69, 9.17) is 21.3 Å². The summed E-state index contributed by atoms with van der Waals surface area (Å²) in [7, 11) is 0. The van der Waals surface area contributed by atoms with E-state index in [2.05, 4.69) is 29.6 Å². The number of hydrogen-bond acceptors (Lipinski definition) is 4. The van der Waals surface area contributed by atoms with E-state index in [1.807, 2.05) is 24.3 Å². The number of carbonyl (C=O) groups is 1. The lowest BCUT2D eigenvalue weighted by Crippen LogP contribution is -2.38. The summed E-state index contributed by atoms with van der Waals surface area (Å²) in [6.45, 7) is 1.55. The molecule has 0 bridgehead atoms. The average molecular weight is 516 g/mol. The highest BCUT2D eigenvalue weighted by molar-refractivity contribution is 6.30. The van der Waals surface area contributed by atoms with Crippen molar-refractivity contribution in [2.24, 2.45) is 4.99 Å². The number of amides is 1. The molecule has 2 unspecified atom stereocenters. The molecular formula is C30H27ClFN3O2. The minimum absolute atomic E-state index is 0.0339. The zero-order chi connectivity index (χ0) is 25.4. The van der Waals surface area contributed by atoms with Crippen LogP contribution >= 0.6 is 11.6 Å². The Bertz CT molecular complexity index is 1380. The molecular weight excluding hydrogens is 489 g/mol. The van der Waals surface area contributed by atoms with Gasteiger partial charge in [0.1, 0.15) is 12.4 Å². The van der Waals surface area contributed by atoms with Crippen molar-refractivity contribution < 1.29 is 13.9 Å². The van der Waals surface area contributed by atoms with Gasteiger partial charge in [0.2, 0.25) is 0 Å². The van der Waals surface area contributed by atoms with Gasteiger partial charge in [-0.1, -0.05) is 35.9 Å². The van der Waals surface area contributed by atoms with Crippen LogP contribution in [0.3, 0.4) is 0 Å². The molecule has 3 aliphatic heterocycles. The summed E-state index contributed by atoms with van der Waals surface area (Å²) in [5.74, 6) is -0.336. The van der Waals surface area contributed by atoms with E-state index in [1.165, 1.54) is 28.9 Å². The molecule has 1 N–H and O–H groups in total. The van der Waals surface area contributed by atoms with E-state index in [0.29, 0.717) is 18.0 Å². The Morgan fingerprint density at radius 2 is 1.84 bits per heavy atom. The van der Waals surface area contributed by atoms with Crippen LogP contribution in [0.4, 0.5) is 10.1 Å². The van der Waals surface area contributed by atoms with Gasteiger partial charge in [-0.25, -0.2) is 4.39 Å². The van der Waals surface area contributed by atoms with Gasteiger partial charge in [-0.2, -0.15) is 0 Å². The van der Waals surface area contributed by atoms with E-state index in [-0.39, 0.29) is 24.4 Å². The van der Waals surface area contributed by atoms with Crippen LogP contribution in [0, 0.1) is 5.82 Å². The Kier molecular flexibility index (Phi) is 6.53. The smallest absolute Gasteiger partial charge is 0.250 e. The molecule has 0 aromatic heterocycles. The van der Waals surface area contributed by atoms with Crippen molar-refractivity contribution in [3.8, 4) is 0 Å². The lowest BCUT2D eigenvalue weighted by atomic mass is 10.00. The zero-order valence-corrected chi connectivity index (χ0v) is 21.0. The molecule has 0 aliphatic carbocycles. The molecule has 1 saturated heterocycles. The predicted octanol–water partition coefficient (Wildman–Crippen LogP) is 5.22. The number of aliphatic imine (C=N–C) groups is 1. The van der Waals surface area contributed by atoms with Gasteiger partial charge in [0.15, 0.2) is 6.23 Å². The van der Waals surface area contributed by atoms with E-state index in [1.54, 1.807) is 17.0 Å². The minimum Gasteiger partial charge on any atom is -0.384 e. The predicted molar refractivity (Wildman–Crippen MR) is 144 cm³/mol. The first-order chi connectivity index (χ1) is 18.0. The second-order valence-electron chi connectivity index (χ2n) is 9.67. The summed E-state index contributed by atoms with van der Waals surface area (Å²) in [6.07, 6.45) is 4.02. The van der Waals surface area contributed by atoms with Crippen LogP contribution in [0.1, 0.15) is 22.3 Å². The maximum absolute atomic E-state index is 13.7. The highest BCUT2D eigenvalue weighted by atomic mass is 35.5. The number of nitrogens with zero attached hydrogens (tertiary/aromatic N) is 2. The van der Waals surface area contributed by atoms with Crippen LogP contribution in [0.15, 0.2) is 83.4 Å². The Morgan fingerprint density at radius 3 is 2.65 bits per heavy atom. The van der Waals surface area contributed by atoms with E-state index in [9.17, 15) is 9.18 Å². The molecule has 188 valence electrons. The Labute approximate surface area is 220 Å². The Hall–Kier alpha value is -3.48. The first-order valence-corrected chi connectivity index (χ1v) is 13.0. The molecule has 2 atom stereocenters. The van der Waals surface area contributed by atoms with Gasteiger partial charge in [0, 0.05) is 34.9 Å². The summed E-state index contributed by atoms with van der Waals surface area (Å²) < 4.78 is 19.7. The van der Waals surface area contributed by atoms with Gasteiger partial charge >= 0.3 is 0 Å². The topological polar surface area (TPSA) is 53.9 Å². The van der Waals surface area contributed by atoms with Crippen LogP contribution in [0.5, 0.6) is 0 Å². The molecule has 1 amide bonds. The molecule has 5 nitrogen and oxygen atoms in total. The molecule has 6 rings (SSSR count). The third-order valence-corrected chi connectivity index (χ3v) is 7.42. The maximum Gasteiger partial charge on any atom is 0.250 e. The van der Waals surface area contributed by atoms with E-state index >= 15 is 0 Å². The van der Waals surface area contributed by atoms with Crippen LogP contribution in [-0.2, 0) is 28.8 Å². The first-order valence-electron chi connectivity index (χ1n) is 12.6. The normalized spacial score (nSPS) is 20.6. The van der Waals surface area contributed by atoms with Gasteiger partial charge in [0.05, 0.1) is 11.8 Å². The number of hydrogen-bond donors (Lipinski definition) is 1. The summed E-state index contributed by atoms with van der Waals surface area (Å²) in [5.41, 5.74) is 7.24. The van der Waals surface area contributed by atoms with Crippen LogP contribution in [0.25, 0.3) is 0 Å². The monoisotopic (exact) mass is 515 g/mol. The minimum atomic E-state index is -0.525. The fourth-order valence-electron chi connectivity index (χ4n) is 5.30. The van der Waals surface area contributed by atoms with Gasteiger partial charge in [-0.15, -0.1) is 0 Å². The third-order valence-electron chi connectivity index (χ3n) is 7.17. The van der Waals surface area contributed by atoms with Crippen LogP contribution in [0.2, 0.25) is 5.02 Å². The van der Waals surface area contributed by atoms with Gasteiger partial charge < -0.3 is 15.0 Å². The molecule has 3 aliphatic rings. The number of benzene rings is 3. The second-order valence-corrected chi connectivity index (χ2v) is 10.1. The van der Waals surface area contributed by atoms with Crippen molar-refractivity contribution in [2.45, 2.75) is 31.5 Å². The van der Waals surface area contributed by atoms with Crippen LogP contribution < -0.4 is 5.32 Å². The highest BCUT2D eigenvalue weighted by Crippen LogP contribution is 2.30. The molecule has 1 fully saturated rings. The quantitative estimate of drug-likeness (QED) is 0.469. The van der Waals surface area contributed by atoms with Crippen LogP contribution in [-0.4, -0.2) is 48.5 Å². The lowest BCUT2D eigenvalue weighted by molar-refractivity contribution is -0.127.